The van der Waals surface area contributed by atoms with Gasteiger partial charge in [-0.3, -0.25) is 4.98 Å². The van der Waals surface area contributed by atoms with Crippen LogP contribution in [0.25, 0.3) is 0 Å². The Kier molecular flexibility index (Phi) is 4.80. The topological polar surface area (TPSA) is 25.4 Å². The Hall–Kier alpha value is -1.24. The fourth-order valence-electron chi connectivity index (χ4n) is 1.26. The van der Waals surface area contributed by atoms with Crippen LogP contribution in [0.4, 0.5) is 12.9 Å². The molecule has 0 amide bonds. The maximum Gasteiger partial charge on any atom is 0.511 e. The molecule has 96 valence electrons. The molecule has 1 aromatic rings. The van der Waals surface area contributed by atoms with Crippen molar-refractivity contribution in [3.63, 3.8) is 0 Å². The second-order valence-corrected chi connectivity index (χ2v) is 4.03. The summed E-state index contributed by atoms with van der Waals surface area (Å²) in [6, 6.07) is 0.989. The summed E-state index contributed by atoms with van der Waals surface area (Å²) in [5, 5.41) is 0. The van der Waals surface area contributed by atoms with Crippen molar-refractivity contribution < 1.29 is 17.7 Å². The molecule has 0 saturated carbocycles. The maximum absolute atomic E-state index is 12.4. The molecule has 0 aliphatic rings. The normalized spacial score (nSPS) is 11.9. The summed E-state index contributed by atoms with van der Waals surface area (Å²) in [5.74, 6) is 0.167. The van der Waals surface area contributed by atoms with Crippen molar-refractivity contribution in [2.24, 2.45) is 0 Å². The highest BCUT2D eigenvalue weighted by molar-refractivity contribution is 6.73. The first-order valence-electron chi connectivity index (χ1n) is 5.32. The molecule has 0 unspecified atom stereocenters. The molecule has 17 heavy (non-hydrogen) atoms. The monoisotopic (exact) mass is 247 g/mol. The molecule has 0 atom stereocenters. The lowest BCUT2D eigenvalue weighted by molar-refractivity contribution is 0.281. The average Bonchev–Trinajstić information content (AvgIpc) is 2.23. The molecule has 1 aromatic heterocycles. The zero-order valence-electron chi connectivity index (χ0n) is 9.87. The lowest BCUT2D eigenvalue weighted by Crippen LogP contribution is -2.34. The fraction of sp³-hybridized carbons (Fsp3) is 0.500. The summed E-state index contributed by atoms with van der Waals surface area (Å²) in [6.45, 7) is -3.80. The van der Waals surface area contributed by atoms with Gasteiger partial charge in [-0.15, -0.1) is 0 Å². The lowest BCUT2D eigenvalue weighted by atomic mass is 9.81. The Morgan fingerprint density at radius 3 is 2.59 bits per heavy atom. The van der Waals surface area contributed by atoms with Gasteiger partial charge in [0.05, 0.1) is 12.8 Å². The predicted octanol–water partition coefficient (Wildman–Crippen LogP) is 1.47. The molecule has 1 rings (SSSR count). The molecule has 1 heterocycles. The Morgan fingerprint density at radius 2 is 2.00 bits per heavy atom. The third-order valence-corrected chi connectivity index (χ3v) is 2.13. The first-order chi connectivity index (χ1) is 7.89. The molecule has 0 aliphatic carbocycles. The van der Waals surface area contributed by atoms with E-state index in [-0.39, 0.29) is 5.75 Å². The van der Waals surface area contributed by atoms with E-state index in [2.05, 4.69) is 4.98 Å². The van der Waals surface area contributed by atoms with E-state index < -0.39 is 12.4 Å². The smallest absolute Gasteiger partial charge is 0.492 e. The number of rotatable bonds is 6. The standard InChI is InChI=1S/C10H15BF3N2O/c1-16(2)4-3-5-17-10-6-9(7-15-8-10)11(12,13)14/h6-8H,3-5H2,1-2H3/q-1. The Morgan fingerprint density at radius 1 is 1.29 bits per heavy atom. The van der Waals surface area contributed by atoms with Gasteiger partial charge < -0.3 is 22.6 Å². The maximum atomic E-state index is 12.4. The first kappa shape index (κ1) is 13.8. The van der Waals surface area contributed by atoms with Crippen LogP contribution < -0.4 is 10.2 Å². The molecule has 0 aromatic carbocycles. The molecule has 0 saturated heterocycles. The van der Waals surface area contributed by atoms with Crippen molar-refractivity contribution >= 4 is 12.4 Å². The Bertz CT molecular complexity index is 358. The largest absolute Gasteiger partial charge is 0.511 e. The van der Waals surface area contributed by atoms with Crippen LogP contribution in [0.5, 0.6) is 5.75 Å². The molecular formula is C10H15BF3N2O-. The summed E-state index contributed by atoms with van der Waals surface area (Å²) in [4.78, 5) is 5.51. The van der Waals surface area contributed by atoms with E-state index in [0.29, 0.717) is 6.61 Å². The third kappa shape index (κ3) is 5.08. The third-order valence-electron chi connectivity index (χ3n) is 2.13. The highest BCUT2D eigenvalue weighted by Gasteiger charge is 2.26. The van der Waals surface area contributed by atoms with E-state index in [9.17, 15) is 12.9 Å². The van der Waals surface area contributed by atoms with Crippen LogP contribution in [0.15, 0.2) is 18.5 Å². The van der Waals surface area contributed by atoms with Gasteiger partial charge >= 0.3 is 6.98 Å². The van der Waals surface area contributed by atoms with Crippen LogP contribution in [0, 0.1) is 0 Å². The quantitative estimate of drug-likeness (QED) is 0.562. The molecule has 0 fully saturated rings. The van der Waals surface area contributed by atoms with Gasteiger partial charge in [0, 0.05) is 12.7 Å². The number of aromatic nitrogens is 1. The average molecular weight is 247 g/mol. The molecule has 0 N–H and O–H groups in total. The highest BCUT2D eigenvalue weighted by Crippen LogP contribution is 2.13. The van der Waals surface area contributed by atoms with Crippen LogP contribution >= 0.6 is 0 Å². The van der Waals surface area contributed by atoms with Gasteiger partial charge in [-0.05, 0) is 26.6 Å². The summed E-state index contributed by atoms with van der Waals surface area (Å²) in [5.41, 5.74) is -0.727. The summed E-state index contributed by atoms with van der Waals surface area (Å²) < 4.78 is 42.5. The zero-order chi connectivity index (χ0) is 12.9. The van der Waals surface area contributed by atoms with Crippen molar-refractivity contribution in [3.8, 4) is 5.75 Å². The van der Waals surface area contributed by atoms with Gasteiger partial charge in [-0.1, -0.05) is 5.46 Å². The van der Waals surface area contributed by atoms with Gasteiger partial charge in [0.15, 0.2) is 0 Å². The first-order valence-corrected chi connectivity index (χ1v) is 5.32. The minimum Gasteiger partial charge on any atom is -0.492 e. The fourth-order valence-corrected chi connectivity index (χ4v) is 1.26. The van der Waals surface area contributed by atoms with Crippen LogP contribution in [-0.4, -0.2) is 44.1 Å². The van der Waals surface area contributed by atoms with Crippen molar-refractivity contribution in [2.45, 2.75) is 6.42 Å². The number of pyridine rings is 1. The lowest BCUT2D eigenvalue weighted by Gasteiger charge is -2.15. The van der Waals surface area contributed by atoms with Crippen LogP contribution in [0.2, 0.25) is 0 Å². The summed E-state index contributed by atoms with van der Waals surface area (Å²) in [7, 11) is 3.85. The van der Waals surface area contributed by atoms with Gasteiger partial charge in [0.1, 0.15) is 5.75 Å². The van der Waals surface area contributed by atoms with Crippen molar-refractivity contribution in [3.05, 3.63) is 18.5 Å². The predicted molar refractivity (Wildman–Crippen MR) is 61.6 cm³/mol. The number of nitrogens with zero attached hydrogens (tertiary/aromatic N) is 2. The SMILES string of the molecule is CN(C)CCCOc1cncc([B-](F)(F)F)c1. The van der Waals surface area contributed by atoms with E-state index in [1.165, 1.54) is 6.20 Å². The van der Waals surface area contributed by atoms with E-state index in [0.717, 1.165) is 25.2 Å². The molecular weight excluding hydrogens is 232 g/mol. The minimum absolute atomic E-state index is 0.167. The van der Waals surface area contributed by atoms with Crippen molar-refractivity contribution in [2.75, 3.05) is 27.2 Å². The van der Waals surface area contributed by atoms with E-state index in [1.54, 1.807) is 0 Å². The van der Waals surface area contributed by atoms with E-state index in [1.807, 2.05) is 19.0 Å². The number of hydrogen-bond donors (Lipinski definition) is 0. The van der Waals surface area contributed by atoms with E-state index in [4.69, 9.17) is 4.74 Å². The minimum atomic E-state index is -5.01. The molecule has 0 bridgehead atoms. The van der Waals surface area contributed by atoms with Gasteiger partial charge in [0.2, 0.25) is 0 Å². The number of halogens is 3. The molecule has 3 nitrogen and oxygen atoms in total. The molecule has 0 spiro atoms. The van der Waals surface area contributed by atoms with Gasteiger partial charge in [0.25, 0.3) is 0 Å². The Balaban J connectivity index is 2.49. The second-order valence-electron chi connectivity index (χ2n) is 4.03. The van der Waals surface area contributed by atoms with Crippen LogP contribution in [0.3, 0.4) is 0 Å². The molecule has 0 radical (unpaired) electrons. The van der Waals surface area contributed by atoms with E-state index >= 15 is 0 Å². The van der Waals surface area contributed by atoms with Crippen LogP contribution in [0.1, 0.15) is 6.42 Å². The highest BCUT2D eigenvalue weighted by atomic mass is 19.4. The summed E-state index contributed by atoms with van der Waals surface area (Å²) in [6.07, 6.45) is 2.86. The van der Waals surface area contributed by atoms with Crippen molar-refractivity contribution in [1.29, 1.82) is 0 Å². The van der Waals surface area contributed by atoms with Gasteiger partial charge in [-0.2, -0.15) is 0 Å². The number of hydrogen-bond acceptors (Lipinski definition) is 3. The number of ether oxygens (including phenoxy) is 1. The zero-order valence-corrected chi connectivity index (χ0v) is 9.87. The second kappa shape index (κ2) is 5.91. The Labute approximate surface area is 98.7 Å². The van der Waals surface area contributed by atoms with Gasteiger partial charge in [-0.25, -0.2) is 0 Å². The van der Waals surface area contributed by atoms with Crippen molar-refractivity contribution in [1.82, 2.24) is 9.88 Å². The van der Waals surface area contributed by atoms with Crippen LogP contribution in [-0.2, 0) is 0 Å². The molecule has 0 aliphatic heterocycles. The molecule has 7 heteroatoms. The summed E-state index contributed by atoms with van der Waals surface area (Å²) >= 11 is 0.